The summed E-state index contributed by atoms with van der Waals surface area (Å²) in [4.78, 5) is 0. The number of aromatic nitrogens is 4. The number of hydrogen-bond donors (Lipinski definition) is 2. The monoisotopic (exact) mass is 143 g/mol. The molecule has 3 N–H and O–H groups in total. The maximum Gasteiger partial charge on any atom is 0.240 e. The van der Waals surface area contributed by atoms with E-state index in [1.54, 1.807) is 0 Å². The fourth-order valence-electron chi connectivity index (χ4n) is 0.591. The van der Waals surface area contributed by atoms with Crippen molar-refractivity contribution in [2.45, 2.75) is 13.0 Å². The number of tetrazole rings is 1. The molecule has 0 aliphatic heterocycles. The van der Waals surface area contributed by atoms with Gasteiger partial charge in [-0.3, -0.25) is 0 Å². The van der Waals surface area contributed by atoms with E-state index < -0.39 is 0 Å². The Labute approximate surface area is 57.6 Å². The lowest BCUT2D eigenvalue weighted by molar-refractivity contribution is 0.277. The Balaban J connectivity index is 2.49. The first-order chi connectivity index (χ1) is 4.84. The highest BCUT2D eigenvalue weighted by Crippen LogP contribution is 1.92. The summed E-state index contributed by atoms with van der Waals surface area (Å²) in [6.45, 7) is 0.689. The number of nitrogens with zero attached hydrogens (tertiary/aromatic N) is 4. The van der Waals surface area contributed by atoms with Gasteiger partial charge in [-0.15, -0.1) is 0 Å². The van der Waals surface area contributed by atoms with Gasteiger partial charge in [0.1, 0.15) is 0 Å². The van der Waals surface area contributed by atoms with Gasteiger partial charge in [-0.1, -0.05) is 5.10 Å². The Bertz CT molecular complexity index is 197. The predicted molar refractivity (Wildman–Crippen MR) is 33.9 cm³/mol. The average Bonchev–Trinajstić information content (AvgIpc) is 2.31. The Morgan fingerprint density at radius 1 is 1.60 bits per heavy atom. The van der Waals surface area contributed by atoms with Crippen molar-refractivity contribution in [3.8, 4) is 0 Å². The van der Waals surface area contributed by atoms with E-state index >= 15 is 0 Å². The molecule has 1 aromatic heterocycles. The van der Waals surface area contributed by atoms with Gasteiger partial charge in [-0.25, -0.2) is 4.68 Å². The van der Waals surface area contributed by atoms with Crippen LogP contribution < -0.4 is 5.73 Å². The number of nitrogen functional groups attached to an aromatic ring is 1. The summed E-state index contributed by atoms with van der Waals surface area (Å²) in [5.41, 5.74) is 5.33. The number of hydrogen-bond acceptors (Lipinski definition) is 5. The van der Waals surface area contributed by atoms with E-state index in [2.05, 4.69) is 15.5 Å². The van der Waals surface area contributed by atoms with Crippen molar-refractivity contribution in [3.05, 3.63) is 0 Å². The average molecular weight is 143 g/mol. The molecular formula is C4H9N5O. The summed E-state index contributed by atoms with van der Waals surface area (Å²) < 4.78 is 1.44. The lowest BCUT2D eigenvalue weighted by Crippen LogP contribution is -2.06. The van der Waals surface area contributed by atoms with E-state index in [0.29, 0.717) is 13.0 Å². The van der Waals surface area contributed by atoms with Crippen LogP contribution in [0.25, 0.3) is 0 Å². The van der Waals surface area contributed by atoms with E-state index in [-0.39, 0.29) is 12.6 Å². The van der Waals surface area contributed by atoms with Gasteiger partial charge in [0.05, 0.1) is 0 Å². The van der Waals surface area contributed by atoms with Crippen molar-refractivity contribution in [2.24, 2.45) is 0 Å². The quantitative estimate of drug-likeness (QED) is 0.545. The molecule has 0 saturated carbocycles. The summed E-state index contributed by atoms with van der Waals surface area (Å²) in [6, 6.07) is 0. The molecule has 0 aromatic carbocycles. The highest BCUT2D eigenvalue weighted by Gasteiger charge is 1.97. The smallest absolute Gasteiger partial charge is 0.240 e. The molecule has 1 rings (SSSR count). The first kappa shape index (κ1) is 6.94. The molecule has 0 amide bonds. The Kier molecular flexibility index (Phi) is 2.16. The molecule has 0 atom stereocenters. The van der Waals surface area contributed by atoms with Crippen molar-refractivity contribution in [1.29, 1.82) is 0 Å². The summed E-state index contributed by atoms with van der Waals surface area (Å²) in [7, 11) is 0. The normalized spacial score (nSPS) is 10.1. The summed E-state index contributed by atoms with van der Waals surface area (Å²) in [6.07, 6.45) is 0.620. The number of anilines is 1. The van der Waals surface area contributed by atoms with Crippen molar-refractivity contribution in [3.63, 3.8) is 0 Å². The number of aryl methyl sites for hydroxylation is 1. The summed E-state index contributed by atoms with van der Waals surface area (Å²) >= 11 is 0. The molecule has 56 valence electrons. The maximum absolute atomic E-state index is 8.43. The number of nitrogens with two attached hydrogens (primary N) is 1. The van der Waals surface area contributed by atoms with Gasteiger partial charge in [0.15, 0.2) is 0 Å². The maximum atomic E-state index is 8.43. The fourth-order valence-corrected chi connectivity index (χ4v) is 0.591. The predicted octanol–water partition coefficient (Wildman–Crippen LogP) is -1.36. The molecule has 0 fully saturated rings. The molecular weight excluding hydrogens is 134 g/mol. The third-order valence-electron chi connectivity index (χ3n) is 1.09. The van der Waals surface area contributed by atoms with Gasteiger partial charge in [0.25, 0.3) is 0 Å². The van der Waals surface area contributed by atoms with E-state index in [0.717, 1.165) is 0 Å². The third kappa shape index (κ3) is 1.41. The van der Waals surface area contributed by atoms with Gasteiger partial charge >= 0.3 is 0 Å². The number of rotatable bonds is 3. The van der Waals surface area contributed by atoms with Gasteiger partial charge in [-0.05, 0) is 16.8 Å². The highest BCUT2D eigenvalue weighted by atomic mass is 16.3. The van der Waals surface area contributed by atoms with Crippen LogP contribution in [0, 0.1) is 0 Å². The second-order valence-electron chi connectivity index (χ2n) is 1.84. The van der Waals surface area contributed by atoms with Gasteiger partial charge < -0.3 is 10.8 Å². The minimum atomic E-state index is 0.124. The molecule has 0 spiro atoms. The van der Waals surface area contributed by atoms with Crippen molar-refractivity contribution >= 4 is 5.95 Å². The Morgan fingerprint density at radius 2 is 2.40 bits per heavy atom. The topological polar surface area (TPSA) is 89.9 Å². The van der Waals surface area contributed by atoms with Crippen LogP contribution in [0.1, 0.15) is 6.42 Å². The molecule has 1 aromatic rings. The van der Waals surface area contributed by atoms with Crippen LogP contribution in [0.3, 0.4) is 0 Å². The van der Waals surface area contributed by atoms with E-state index in [9.17, 15) is 0 Å². The van der Waals surface area contributed by atoms with Crippen LogP contribution in [0.4, 0.5) is 5.95 Å². The fraction of sp³-hybridized carbons (Fsp3) is 0.750. The standard InChI is InChI=1S/C4H9N5O/c5-4-6-7-8-9(4)2-1-3-10/h10H,1-3H2,(H2,5,6,8). The SMILES string of the molecule is Nc1nnnn1CCCO. The molecule has 10 heavy (non-hydrogen) atoms. The third-order valence-corrected chi connectivity index (χ3v) is 1.09. The zero-order valence-electron chi connectivity index (χ0n) is 5.43. The van der Waals surface area contributed by atoms with Crippen LogP contribution in [0.2, 0.25) is 0 Å². The van der Waals surface area contributed by atoms with Gasteiger partial charge in [0, 0.05) is 13.2 Å². The minimum Gasteiger partial charge on any atom is -0.396 e. The molecule has 0 aliphatic rings. The van der Waals surface area contributed by atoms with Crippen LogP contribution in [0.5, 0.6) is 0 Å². The molecule has 0 radical (unpaired) electrons. The van der Waals surface area contributed by atoms with Crippen molar-refractivity contribution in [2.75, 3.05) is 12.3 Å². The van der Waals surface area contributed by atoms with E-state index in [1.165, 1.54) is 4.68 Å². The van der Waals surface area contributed by atoms with E-state index in [1.807, 2.05) is 0 Å². The Hall–Kier alpha value is -1.17. The first-order valence-electron chi connectivity index (χ1n) is 2.97. The Morgan fingerprint density at radius 3 is 2.90 bits per heavy atom. The van der Waals surface area contributed by atoms with Crippen molar-refractivity contribution in [1.82, 2.24) is 20.2 Å². The van der Waals surface area contributed by atoms with Crippen LogP contribution in [0.15, 0.2) is 0 Å². The summed E-state index contributed by atoms with van der Waals surface area (Å²) in [5.74, 6) is 0.286. The molecule has 6 heteroatoms. The minimum absolute atomic E-state index is 0.124. The largest absolute Gasteiger partial charge is 0.396 e. The molecule has 0 bridgehead atoms. The van der Waals surface area contributed by atoms with Crippen molar-refractivity contribution < 1.29 is 5.11 Å². The number of aliphatic hydroxyl groups excluding tert-OH is 1. The first-order valence-corrected chi connectivity index (χ1v) is 2.97. The van der Waals surface area contributed by atoms with E-state index in [4.69, 9.17) is 10.8 Å². The van der Waals surface area contributed by atoms with Crippen LogP contribution in [-0.2, 0) is 6.54 Å². The second kappa shape index (κ2) is 3.11. The zero-order chi connectivity index (χ0) is 7.40. The highest BCUT2D eigenvalue weighted by molar-refractivity contribution is 5.09. The lowest BCUT2D eigenvalue weighted by Gasteiger charge is -1.96. The lowest BCUT2D eigenvalue weighted by atomic mass is 10.5. The number of aliphatic hydroxyl groups is 1. The van der Waals surface area contributed by atoms with Gasteiger partial charge in [-0.2, -0.15) is 0 Å². The second-order valence-corrected chi connectivity index (χ2v) is 1.84. The molecule has 0 aliphatic carbocycles. The molecule has 0 saturated heterocycles. The van der Waals surface area contributed by atoms with Gasteiger partial charge in [0.2, 0.25) is 5.95 Å². The molecule has 6 nitrogen and oxygen atoms in total. The summed E-state index contributed by atoms with van der Waals surface area (Å²) in [5, 5.41) is 18.8. The van der Waals surface area contributed by atoms with Crippen LogP contribution >= 0.6 is 0 Å². The van der Waals surface area contributed by atoms with Crippen LogP contribution in [-0.4, -0.2) is 31.9 Å². The zero-order valence-corrected chi connectivity index (χ0v) is 5.43. The molecule has 0 unspecified atom stereocenters. The molecule has 1 heterocycles.